The molecule has 0 radical (unpaired) electrons. The van der Waals surface area contributed by atoms with Crippen molar-refractivity contribution in [1.82, 2.24) is 0 Å². The van der Waals surface area contributed by atoms with Gasteiger partial charge in [0.15, 0.2) is 5.96 Å². The van der Waals surface area contributed by atoms with Gasteiger partial charge < -0.3 is 15.8 Å². The molecule has 0 spiro atoms. The summed E-state index contributed by atoms with van der Waals surface area (Å²) in [6, 6.07) is 6.41. The van der Waals surface area contributed by atoms with E-state index in [1.165, 1.54) is 30.4 Å². The Bertz CT molecular complexity index is 492. The summed E-state index contributed by atoms with van der Waals surface area (Å²) < 4.78 is 5.55. The molecule has 108 valence electrons. The zero-order valence-corrected chi connectivity index (χ0v) is 11.9. The van der Waals surface area contributed by atoms with E-state index in [9.17, 15) is 0 Å². The summed E-state index contributed by atoms with van der Waals surface area (Å²) in [6.45, 7) is 1.52. The van der Waals surface area contributed by atoms with Gasteiger partial charge in [0, 0.05) is 12.3 Å². The number of ether oxygens (including phenoxy) is 1. The number of aliphatic imine (C=N–C) groups is 1. The van der Waals surface area contributed by atoms with Crippen molar-refractivity contribution in [2.75, 3.05) is 18.5 Å². The Kier molecular flexibility index (Phi) is 4.21. The second kappa shape index (κ2) is 6.27. The van der Waals surface area contributed by atoms with Gasteiger partial charge in [-0.3, -0.25) is 4.99 Å². The maximum atomic E-state index is 6.00. The van der Waals surface area contributed by atoms with Crippen molar-refractivity contribution in [2.24, 2.45) is 10.7 Å². The van der Waals surface area contributed by atoms with Gasteiger partial charge >= 0.3 is 0 Å². The van der Waals surface area contributed by atoms with E-state index in [2.05, 4.69) is 28.5 Å². The third-order valence-corrected chi connectivity index (χ3v) is 4.15. The first-order valence-electron chi connectivity index (χ1n) is 7.62. The normalized spacial score (nSPS) is 22.6. The third kappa shape index (κ3) is 3.12. The molecular formula is C16H23N3O. The smallest absolute Gasteiger partial charge is 0.193 e. The van der Waals surface area contributed by atoms with Gasteiger partial charge in [-0.2, -0.15) is 0 Å². The summed E-state index contributed by atoms with van der Waals surface area (Å²) in [5, 5.41) is 3.27. The van der Waals surface area contributed by atoms with Crippen LogP contribution in [0, 0.1) is 0 Å². The fraction of sp³-hybridized carbons (Fsp3) is 0.562. The Morgan fingerprint density at radius 3 is 3.05 bits per heavy atom. The zero-order chi connectivity index (χ0) is 13.8. The van der Waals surface area contributed by atoms with Crippen LogP contribution in [-0.2, 0) is 17.6 Å². The summed E-state index contributed by atoms with van der Waals surface area (Å²) in [5.74, 6) is 0.500. The first-order chi connectivity index (χ1) is 9.83. The van der Waals surface area contributed by atoms with Gasteiger partial charge in [0.1, 0.15) is 0 Å². The van der Waals surface area contributed by atoms with E-state index in [0.29, 0.717) is 12.5 Å². The van der Waals surface area contributed by atoms with Crippen LogP contribution in [-0.4, -0.2) is 25.2 Å². The van der Waals surface area contributed by atoms with Crippen LogP contribution in [0.5, 0.6) is 0 Å². The number of nitrogens with two attached hydrogens (primary N) is 1. The Labute approximate surface area is 120 Å². The van der Waals surface area contributed by atoms with Crippen molar-refractivity contribution in [2.45, 2.75) is 44.6 Å². The molecule has 1 aromatic carbocycles. The predicted octanol–water partition coefficient (Wildman–Crippen LogP) is 2.47. The van der Waals surface area contributed by atoms with Crippen LogP contribution in [0.3, 0.4) is 0 Å². The van der Waals surface area contributed by atoms with E-state index < -0.39 is 0 Å². The highest BCUT2D eigenvalue weighted by Crippen LogP contribution is 2.27. The minimum atomic E-state index is 0.250. The number of nitrogens with one attached hydrogen (secondary N) is 1. The molecule has 1 aliphatic carbocycles. The van der Waals surface area contributed by atoms with Gasteiger partial charge in [0.2, 0.25) is 0 Å². The fourth-order valence-corrected chi connectivity index (χ4v) is 3.06. The molecule has 0 aromatic heterocycles. The maximum absolute atomic E-state index is 6.00. The Morgan fingerprint density at radius 2 is 2.20 bits per heavy atom. The minimum absolute atomic E-state index is 0.250. The molecule has 1 atom stereocenters. The molecule has 1 aromatic rings. The number of hydrogen-bond donors (Lipinski definition) is 2. The summed E-state index contributed by atoms with van der Waals surface area (Å²) >= 11 is 0. The van der Waals surface area contributed by atoms with Crippen molar-refractivity contribution in [3.8, 4) is 0 Å². The van der Waals surface area contributed by atoms with Gasteiger partial charge in [0.05, 0.1) is 12.6 Å². The number of aryl methyl sites for hydroxylation is 1. The van der Waals surface area contributed by atoms with E-state index in [4.69, 9.17) is 10.5 Å². The number of rotatable bonds is 3. The van der Waals surface area contributed by atoms with Crippen molar-refractivity contribution in [1.29, 1.82) is 0 Å². The molecule has 0 bridgehead atoms. The summed E-state index contributed by atoms with van der Waals surface area (Å²) in [7, 11) is 0. The molecule has 2 aliphatic rings. The Hall–Kier alpha value is -1.55. The SMILES string of the molecule is NC(=NCC1CCCO1)Nc1cccc2c1CCCC2. The Balaban J connectivity index is 1.66. The highest BCUT2D eigenvalue weighted by molar-refractivity contribution is 5.93. The average molecular weight is 273 g/mol. The van der Waals surface area contributed by atoms with E-state index in [-0.39, 0.29) is 6.10 Å². The lowest BCUT2D eigenvalue weighted by atomic mass is 9.90. The predicted molar refractivity (Wildman–Crippen MR) is 82.2 cm³/mol. The highest BCUT2D eigenvalue weighted by atomic mass is 16.5. The summed E-state index contributed by atoms with van der Waals surface area (Å²) in [5.41, 5.74) is 9.98. The molecule has 3 rings (SSSR count). The largest absolute Gasteiger partial charge is 0.376 e. The van der Waals surface area contributed by atoms with Crippen LogP contribution >= 0.6 is 0 Å². The van der Waals surface area contributed by atoms with E-state index in [1.54, 1.807) is 0 Å². The minimum Gasteiger partial charge on any atom is -0.376 e. The lowest BCUT2D eigenvalue weighted by molar-refractivity contribution is 0.118. The molecule has 1 fully saturated rings. The van der Waals surface area contributed by atoms with Gasteiger partial charge in [-0.25, -0.2) is 0 Å². The van der Waals surface area contributed by atoms with Gasteiger partial charge in [-0.05, 0) is 55.7 Å². The molecule has 4 nitrogen and oxygen atoms in total. The highest BCUT2D eigenvalue weighted by Gasteiger charge is 2.15. The molecule has 1 aliphatic heterocycles. The second-order valence-electron chi connectivity index (χ2n) is 5.64. The number of hydrogen-bond acceptors (Lipinski definition) is 2. The lowest BCUT2D eigenvalue weighted by Crippen LogP contribution is -2.25. The molecule has 1 unspecified atom stereocenters. The van der Waals surface area contributed by atoms with Gasteiger partial charge in [-0.1, -0.05) is 12.1 Å². The molecule has 20 heavy (non-hydrogen) atoms. The van der Waals surface area contributed by atoms with Crippen LogP contribution in [0.2, 0.25) is 0 Å². The van der Waals surface area contributed by atoms with Crippen LogP contribution in [0.1, 0.15) is 36.8 Å². The van der Waals surface area contributed by atoms with E-state index in [0.717, 1.165) is 31.6 Å². The van der Waals surface area contributed by atoms with E-state index in [1.807, 2.05) is 0 Å². The lowest BCUT2D eigenvalue weighted by Gasteiger charge is -2.20. The van der Waals surface area contributed by atoms with Crippen molar-refractivity contribution < 1.29 is 4.74 Å². The van der Waals surface area contributed by atoms with Crippen molar-refractivity contribution in [3.05, 3.63) is 29.3 Å². The number of benzene rings is 1. The maximum Gasteiger partial charge on any atom is 0.193 e. The van der Waals surface area contributed by atoms with E-state index >= 15 is 0 Å². The molecule has 0 saturated carbocycles. The number of fused-ring (bicyclic) bond motifs is 1. The fourth-order valence-electron chi connectivity index (χ4n) is 3.06. The molecular weight excluding hydrogens is 250 g/mol. The summed E-state index contributed by atoms with van der Waals surface area (Å²) in [4.78, 5) is 4.41. The number of guanidine groups is 1. The molecule has 1 heterocycles. The molecule has 3 N–H and O–H groups in total. The average Bonchev–Trinajstić information content (AvgIpc) is 2.99. The van der Waals surface area contributed by atoms with Crippen molar-refractivity contribution in [3.63, 3.8) is 0 Å². The third-order valence-electron chi connectivity index (χ3n) is 4.15. The second-order valence-corrected chi connectivity index (χ2v) is 5.64. The number of anilines is 1. The standard InChI is InChI=1S/C16H23N3O/c17-16(18-11-13-7-4-10-20-13)19-15-9-3-6-12-5-1-2-8-14(12)15/h3,6,9,13H,1-2,4-5,7-8,10-11H2,(H3,17,18,19). The Morgan fingerprint density at radius 1 is 1.30 bits per heavy atom. The van der Waals surface area contributed by atoms with Gasteiger partial charge in [0.25, 0.3) is 0 Å². The van der Waals surface area contributed by atoms with Crippen LogP contribution in [0.25, 0.3) is 0 Å². The molecule has 1 saturated heterocycles. The number of nitrogens with zero attached hydrogens (tertiary/aromatic N) is 1. The zero-order valence-electron chi connectivity index (χ0n) is 11.9. The van der Waals surface area contributed by atoms with Crippen LogP contribution in [0.4, 0.5) is 5.69 Å². The first kappa shape index (κ1) is 13.4. The molecule has 4 heteroatoms. The quantitative estimate of drug-likeness (QED) is 0.657. The van der Waals surface area contributed by atoms with Crippen molar-refractivity contribution >= 4 is 11.6 Å². The van der Waals surface area contributed by atoms with Crippen LogP contribution < -0.4 is 11.1 Å². The topological polar surface area (TPSA) is 59.6 Å². The monoisotopic (exact) mass is 273 g/mol. The van der Waals surface area contributed by atoms with Crippen LogP contribution in [0.15, 0.2) is 23.2 Å². The van der Waals surface area contributed by atoms with Gasteiger partial charge in [-0.15, -0.1) is 0 Å². The molecule has 0 amide bonds. The summed E-state index contributed by atoms with van der Waals surface area (Å²) in [6.07, 6.45) is 7.35. The first-order valence-corrected chi connectivity index (χ1v) is 7.62.